The van der Waals surface area contributed by atoms with Gasteiger partial charge < -0.3 is 10.5 Å². The molecule has 15 heavy (non-hydrogen) atoms. The minimum Gasteiger partial charge on any atom is -0.506 e. The molecule has 1 aromatic carbocycles. The molecule has 0 heterocycles. The van der Waals surface area contributed by atoms with Crippen LogP contribution in [0, 0.1) is 5.41 Å². The van der Waals surface area contributed by atoms with Gasteiger partial charge in [0.05, 0.1) is 5.57 Å². The number of benzene rings is 1. The molecule has 0 radical (unpaired) electrons. The third kappa shape index (κ3) is 1.19. The second-order valence-corrected chi connectivity index (χ2v) is 3.11. The molecule has 4 heteroatoms. The summed E-state index contributed by atoms with van der Waals surface area (Å²) in [6, 6.07) is 6.29. The minimum absolute atomic E-state index is 0.186. The molecule has 0 fully saturated rings. The molecule has 4 nitrogen and oxygen atoms in total. The van der Waals surface area contributed by atoms with E-state index in [-0.39, 0.29) is 16.9 Å². The lowest BCUT2D eigenvalue weighted by molar-refractivity contribution is -0.111. The van der Waals surface area contributed by atoms with Gasteiger partial charge in [-0.05, 0) is 0 Å². The number of Topliss-reactive ketones (excluding diaryl/α,β-unsaturated/α-hetero) is 2. The molecule has 2 N–H and O–H groups in total. The van der Waals surface area contributed by atoms with Gasteiger partial charge in [0.15, 0.2) is 0 Å². The predicted octanol–water partition coefficient (Wildman–Crippen LogP) is 1.37. The molecular formula is C11H7NO3. The van der Waals surface area contributed by atoms with Crippen LogP contribution in [-0.4, -0.2) is 22.9 Å². The number of allylic oxidation sites excluding steroid dienone is 1. The second kappa shape index (κ2) is 3.16. The Bertz CT molecular complexity index is 514. The summed E-state index contributed by atoms with van der Waals surface area (Å²) >= 11 is 0. The molecule has 0 unspecified atom stereocenters. The molecule has 0 bridgehead atoms. The minimum atomic E-state index is -0.832. The van der Waals surface area contributed by atoms with Crippen LogP contribution in [0.4, 0.5) is 0 Å². The van der Waals surface area contributed by atoms with Crippen LogP contribution in [0.1, 0.15) is 15.9 Å². The van der Waals surface area contributed by atoms with E-state index in [1.807, 2.05) is 0 Å². The van der Waals surface area contributed by atoms with Crippen molar-refractivity contribution in [3.05, 3.63) is 41.0 Å². The van der Waals surface area contributed by atoms with E-state index in [0.717, 1.165) is 0 Å². The van der Waals surface area contributed by atoms with Gasteiger partial charge in [0.2, 0.25) is 11.6 Å². The van der Waals surface area contributed by atoms with Crippen molar-refractivity contribution in [2.45, 2.75) is 0 Å². The number of ketones is 2. The summed E-state index contributed by atoms with van der Waals surface area (Å²) in [5.41, 5.74) is 0.241. The molecule has 2 rings (SSSR count). The number of hydrogen-bond donors (Lipinski definition) is 2. The Kier molecular flexibility index (Phi) is 1.97. The van der Waals surface area contributed by atoms with Crippen molar-refractivity contribution >= 4 is 23.5 Å². The topological polar surface area (TPSA) is 78.2 Å². The molecule has 0 saturated heterocycles. The van der Waals surface area contributed by atoms with Gasteiger partial charge in [0.1, 0.15) is 5.76 Å². The summed E-state index contributed by atoms with van der Waals surface area (Å²) < 4.78 is 0. The van der Waals surface area contributed by atoms with Crippen LogP contribution >= 0.6 is 0 Å². The Hall–Kier alpha value is -2.23. The van der Waals surface area contributed by atoms with Crippen molar-refractivity contribution in [1.29, 1.82) is 5.41 Å². The van der Waals surface area contributed by atoms with Crippen LogP contribution in [0.5, 0.6) is 0 Å². The van der Waals surface area contributed by atoms with E-state index in [0.29, 0.717) is 11.8 Å². The van der Waals surface area contributed by atoms with Gasteiger partial charge in [0.25, 0.3) is 0 Å². The molecule has 1 aliphatic carbocycles. The third-order valence-corrected chi connectivity index (χ3v) is 2.28. The lowest BCUT2D eigenvalue weighted by Crippen LogP contribution is -2.24. The number of nitrogens with one attached hydrogen (secondary N) is 1. The number of carbonyl (C=O) groups is 2. The molecule has 0 spiro atoms. The number of rotatable bonds is 1. The standard InChI is InChI=1S/C11H7NO3/c12-5-8-9(13)6-3-1-2-4-7(6)10(14)11(8)15/h1-5,12-13H. The molecule has 1 aliphatic rings. The van der Waals surface area contributed by atoms with Crippen LogP contribution < -0.4 is 0 Å². The summed E-state index contributed by atoms with van der Waals surface area (Å²) in [4.78, 5) is 22.9. The van der Waals surface area contributed by atoms with E-state index in [4.69, 9.17) is 5.41 Å². The van der Waals surface area contributed by atoms with Crippen molar-refractivity contribution in [3.8, 4) is 0 Å². The average Bonchev–Trinajstić information content (AvgIpc) is 2.27. The zero-order valence-corrected chi connectivity index (χ0v) is 7.65. The number of aliphatic hydroxyl groups excluding tert-OH is 1. The molecule has 74 valence electrons. The maximum Gasteiger partial charge on any atom is 0.238 e. The van der Waals surface area contributed by atoms with Gasteiger partial charge in [-0.2, -0.15) is 0 Å². The summed E-state index contributed by atoms with van der Waals surface area (Å²) in [6.07, 6.45) is 0.700. The monoisotopic (exact) mass is 201 g/mol. The Labute approximate surface area is 85.4 Å². The van der Waals surface area contributed by atoms with Gasteiger partial charge in [-0.1, -0.05) is 24.3 Å². The first-order valence-corrected chi connectivity index (χ1v) is 4.29. The predicted molar refractivity (Wildman–Crippen MR) is 54.1 cm³/mol. The number of hydrogen-bond acceptors (Lipinski definition) is 4. The number of fused-ring (bicyclic) bond motifs is 1. The maximum absolute atomic E-state index is 11.5. The van der Waals surface area contributed by atoms with Crippen molar-refractivity contribution in [3.63, 3.8) is 0 Å². The Morgan fingerprint density at radius 2 is 1.67 bits per heavy atom. The fraction of sp³-hybridized carbons (Fsp3) is 0. The van der Waals surface area contributed by atoms with Gasteiger partial charge in [-0.15, -0.1) is 0 Å². The smallest absolute Gasteiger partial charge is 0.238 e. The first-order valence-electron chi connectivity index (χ1n) is 4.29. The van der Waals surface area contributed by atoms with Crippen LogP contribution in [0.2, 0.25) is 0 Å². The zero-order valence-electron chi connectivity index (χ0n) is 7.65. The van der Waals surface area contributed by atoms with Gasteiger partial charge in [-0.3, -0.25) is 9.59 Å². The molecule has 1 aromatic rings. The first-order chi connectivity index (χ1) is 7.16. The van der Waals surface area contributed by atoms with Crippen molar-refractivity contribution in [1.82, 2.24) is 0 Å². The summed E-state index contributed by atoms with van der Waals surface area (Å²) in [7, 11) is 0. The third-order valence-electron chi connectivity index (χ3n) is 2.28. The van der Waals surface area contributed by atoms with Crippen molar-refractivity contribution < 1.29 is 14.7 Å². The van der Waals surface area contributed by atoms with Crippen LogP contribution in [0.25, 0.3) is 5.76 Å². The lowest BCUT2D eigenvalue weighted by atomic mass is 9.89. The van der Waals surface area contributed by atoms with E-state index in [2.05, 4.69) is 0 Å². The van der Waals surface area contributed by atoms with E-state index in [1.54, 1.807) is 18.2 Å². The van der Waals surface area contributed by atoms with E-state index >= 15 is 0 Å². The van der Waals surface area contributed by atoms with Crippen molar-refractivity contribution in [2.24, 2.45) is 0 Å². The zero-order chi connectivity index (χ0) is 11.0. The largest absolute Gasteiger partial charge is 0.506 e. The van der Waals surface area contributed by atoms with Gasteiger partial charge in [-0.25, -0.2) is 0 Å². The van der Waals surface area contributed by atoms with Crippen LogP contribution in [0.15, 0.2) is 29.8 Å². The molecule has 0 aromatic heterocycles. The fourth-order valence-electron chi connectivity index (χ4n) is 1.52. The molecular weight excluding hydrogens is 194 g/mol. The highest BCUT2D eigenvalue weighted by Crippen LogP contribution is 2.26. The highest BCUT2D eigenvalue weighted by molar-refractivity contribution is 6.56. The summed E-state index contributed by atoms with van der Waals surface area (Å²) in [5.74, 6) is -1.81. The van der Waals surface area contributed by atoms with Gasteiger partial charge in [0, 0.05) is 17.3 Å². The Morgan fingerprint density at radius 3 is 2.27 bits per heavy atom. The SMILES string of the molecule is N=CC1=C(O)c2ccccc2C(=O)C1=O. The average molecular weight is 201 g/mol. The van der Waals surface area contributed by atoms with E-state index < -0.39 is 11.6 Å². The van der Waals surface area contributed by atoms with Crippen molar-refractivity contribution in [2.75, 3.05) is 0 Å². The summed E-state index contributed by atoms with van der Waals surface area (Å²) in [5, 5.41) is 16.6. The number of carbonyl (C=O) groups excluding carboxylic acids is 2. The van der Waals surface area contributed by atoms with E-state index in [1.165, 1.54) is 6.07 Å². The fourth-order valence-corrected chi connectivity index (χ4v) is 1.52. The first kappa shape index (κ1) is 9.33. The Morgan fingerprint density at radius 1 is 1.07 bits per heavy atom. The van der Waals surface area contributed by atoms with Gasteiger partial charge >= 0.3 is 0 Å². The highest BCUT2D eigenvalue weighted by atomic mass is 16.3. The normalized spacial score (nSPS) is 15.2. The van der Waals surface area contributed by atoms with Crippen LogP contribution in [0.3, 0.4) is 0 Å². The molecule has 0 atom stereocenters. The quantitative estimate of drug-likeness (QED) is 0.532. The molecule has 0 saturated carbocycles. The number of aliphatic hydroxyl groups is 1. The van der Waals surface area contributed by atoms with Crippen LogP contribution in [-0.2, 0) is 4.79 Å². The maximum atomic E-state index is 11.5. The molecule has 0 amide bonds. The summed E-state index contributed by atoms with van der Waals surface area (Å²) in [6.45, 7) is 0. The van der Waals surface area contributed by atoms with E-state index in [9.17, 15) is 14.7 Å². The second-order valence-electron chi connectivity index (χ2n) is 3.11. The molecule has 0 aliphatic heterocycles. The lowest BCUT2D eigenvalue weighted by Gasteiger charge is -2.14. The highest BCUT2D eigenvalue weighted by Gasteiger charge is 2.31. The Balaban J connectivity index is 2.79.